The molecule has 1 aromatic heterocycles. The van der Waals surface area contributed by atoms with Gasteiger partial charge in [0.05, 0.1) is 6.20 Å². The maximum atomic E-state index is 11.4. The molecular formula is C8H13N5O2. The van der Waals surface area contributed by atoms with Gasteiger partial charge in [0, 0.05) is 27.1 Å². The van der Waals surface area contributed by atoms with Crippen molar-refractivity contribution in [1.29, 1.82) is 0 Å². The Kier molecular flexibility index (Phi) is 3.78. The molecule has 15 heavy (non-hydrogen) atoms. The first-order chi connectivity index (χ1) is 7.09. The van der Waals surface area contributed by atoms with Crippen molar-refractivity contribution < 1.29 is 9.59 Å². The van der Waals surface area contributed by atoms with Crippen LogP contribution in [0.4, 0.5) is 0 Å². The summed E-state index contributed by atoms with van der Waals surface area (Å²) in [7, 11) is 1.63. The maximum Gasteiger partial charge on any atom is 0.273 e. The van der Waals surface area contributed by atoms with Gasteiger partial charge in [0.25, 0.3) is 5.91 Å². The molecule has 7 heteroatoms. The van der Waals surface area contributed by atoms with Crippen LogP contribution in [0.15, 0.2) is 6.20 Å². The summed E-state index contributed by atoms with van der Waals surface area (Å²) in [6.45, 7) is 2.20. The Labute approximate surface area is 86.8 Å². The molecule has 7 nitrogen and oxygen atoms in total. The van der Waals surface area contributed by atoms with Crippen LogP contribution in [0.25, 0.3) is 0 Å². The summed E-state index contributed by atoms with van der Waals surface area (Å²) in [6, 6.07) is 0. The highest BCUT2D eigenvalue weighted by molar-refractivity contribution is 5.91. The number of aryl methyl sites for hydroxylation is 1. The van der Waals surface area contributed by atoms with Gasteiger partial charge in [-0.15, -0.1) is 5.10 Å². The van der Waals surface area contributed by atoms with Crippen LogP contribution >= 0.6 is 0 Å². The van der Waals surface area contributed by atoms with Gasteiger partial charge < -0.3 is 10.6 Å². The first-order valence-electron chi connectivity index (χ1n) is 4.48. The second kappa shape index (κ2) is 5.08. The average molecular weight is 211 g/mol. The third-order valence-electron chi connectivity index (χ3n) is 1.62. The van der Waals surface area contributed by atoms with Gasteiger partial charge in [0.1, 0.15) is 0 Å². The average Bonchev–Trinajstić information content (AvgIpc) is 2.59. The molecular weight excluding hydrogens is 198 g/mol. The summed E-state index contributed by atoms with van der Waals surface area (Å²) in [5.41, 5.74) is 0.264. The lowest BCUT2D eigenvalue weighted by molar-refractivity contribution is -0.118. The van der Waals surface area contributed by atoms with Crippen LogP contribution in [-0.2, 0) is 11.8 Å². The molecule has 0 aromatic carbocycles. The van der Waals surface area contributed by atoms with Crippen LogP contribution in [0.2, 0.25) is 0 Å². The predicted octanol–water partition coefficient (Wildman–Crippen LogP) is -1.32. The number of carbonyl (C=O) groups excluding carboxylic acids is 2. The van der Waals surface area contributed by atoms with E-state index in [-0.39, 0.29) is 17.5 Å². The normalized spacial score (nSPS) is 9.73. The predicted molar refractivity (Wildman–Crippen MR) is 52.0 cm³/mol. The molecule has 0 atom stereocenters. The molecule has 0 aliphatic carbocycles. The molecule has 0 radical (unpaired) electrons. The second-order valence-corrected chi connectivity index (χ2v) is 2.96. The van der Waals surface area contributed by atoms with Gasteiger partial charge in [0.2, 0.25) is 5.91 Å². The molecule has 0 saturated heterocycles. The minimum absolute atomic E-state index is 0.122. The molecule has 1 rings (SSSR count). The number of hydrogen-bond donors (Lipinski definition) is 2. The van der Waals surface area contributed by atoms with Gasteiger partial charge in [0.15, 0.2) is 5.69 Å². The van der Waals surface area contributed by atoms with Gasteiger partial charge in [-0.3, -0.25) is 9.59 Å². The van der Waals surface area contributed by atoms with E-state index in [1.165, 1.54) is 17.9 Å². The largest absolute Gasteiger partial charge is 0.355 e. The molecule has 0 aliphatic rings. The highest BCUT2D eigenvalue weighted by Crippen LogP contribution is 1.88. The number of aromatic nitrogens is 3. The maximum absolute atomic E-state index is 11.4. The fourth-order valence-corrected chi connectivity index (χ4v) is 0.955. The van der Waals surface area contributed by atoms with Crippen molar-refractivity contribution in [3.05, 3.63) is 11.9 Å². The van der Waals surface area contributed by atoms with Crippen molar-refractivity contribution in [3.63, 3.8) is 0 Å². The quantitative estimate of drug-likeness (QED) is 0.604. The smallest absolute Gasteiger partial charge is 0.273 e. The molecule has 0 unspecified atom stereocenters. The molecule has 2 amide bonds. The molecule has 1 aromatic rings. The molecule has 2 N–H and O–H groups in total. The summed E-state index contributed by atoms with van der Waals surface area (Å²) >= 11 is 0. The lowest BCUT2D eigenvalue weighted by Gasteiger charge is -2.02. The Morgan fingerprint density at radius 2 is 2.07 bits per heavy atom. The highest BCUT2D eigenvalue weighted by Gasteiger charge is 2.08. The van der Waals surface area contributed by atoms with Crippen molar-refractivity contribution in [3.8, 4) is 0 Å². The van der Waals surface area contributed by atoms with Crippen LogP contribution in [0.1, 0.15) is 17.4 Å². The lowest BCUT2D eigenvalue weighted by atomic mass is 10.4. The van der Waals surface area contributed by atoms with E-state index in [9.17, 15) is 9.59 Å². The zero-order chi connectivity index (χ0) is 11.3. The summed E-state index contributed by atoms with van der Waals surface area (Å²) in [5, 5.41) is 12.8. The molecule has 0 spiro atoms. The van der Waals surface area contributed by atoms with Crippen molar-refractivity contribution in [2.45, 2.75) is 6.92 Å². The number of nitrogens with zero attached hydrogens (tertiary/aromatic N) is 3. The minimum Gasteiger partial charge on any atom is -0.355 e. The van der Waals surface area contributed by atoms with Gasteiger partial charge in [-0.1, -0.05) is 0 Å². The number of hydrogen-bond acceptors (Lipinski definition) is 4. The Morgan fingerprint density at radius 1 is 1.40 bits per heavy atom. The SMILES string of the molecule is CC(=O)NCCNC(=O)c1cnn(C)n1. The summed E-state index contributed by atoms with van der Waals surface area (Å²) in [5.74, 6) is -0.419. The summed E-state index contributed by atoms with van der Waals surface area (Å²) in [6.07, 6.45) is 1.38. The van der Waals surface area contributed by atoms with E-state index in [1.807, 2.05) is 0 Å². The van der Waals surface area contributed by atoms with E-state index in [4.69, 9.17) is 0 Å². The number of amides is 2. The minimum atomic E-state index is -0.298. The van der Waals surface area contributed by atoms with Gasteiger partial charge in [-0.05, 0) is 0 Å². The van der Waals surface area contributed by atoms with E-state index in [0.29, 0.717) is 13.1 Å². The summed E-state index contributed by atoms with van der Waals surface area (Å²) in [4.78, 5) is 23.2. The lowest BCUT2D eigenvalue weighted by Crippen LogP contribution is -2.33. The third kappa shape index (κ3) is 3.75. The van der Waals surface area contributed by atoms with Crippen molar-refractivity contribution in [2.24, 2.45) is 7.05 Å². The number of rotatable bonds is 4. The van der Waals surface area contributed by atoms with Gasteiger partial charge >= 0.3 is 0 Å². The molecule has 0 saturated carbocycles. The number of nitrogens with one attached hydrogen (secondary N) is 2. The molecule has 1 heterocycles. The molecule has 0 fully saturated rings. The van der Waals surface area contributed by atoms with E-state index in [0.717, 1.165) is 0 Å². The Hall–Kier alpha value is -1.92. The topological polar surface area (TPSA) is 88.9 Å². The first kappa shape index (κ1) is 11.2. The molecule has 0 bridgehead atoms. The van der Waals surface area contributed by atoms with Crippen LogP contribution in [0.5, 0.6) is 0 Å². The van der Waals surface area contributed by atoms with Crippen LogP contribution in [-0.4, -0.2) is 39.9 Å². The van der Waals surface area contributed by atoms with E-state index >= 15 is 0 Å². The number of carbonyl (C=O) groups is 2. The zero-order valence-electron chi connectivity index (χ0n) is 8.65. The highest BCUT2D eigenvalue weighted by atomic mass is 16.2. The van der Waals surface area contributed by atoms with E-state index < -0.39 is 0 Å². The molecule has 0 aliphatic heterocycles. The van der Waals surface area contributed by atoms with E-state index in [2.05, 4.69) is 20.8 Å². The van der Waals surface area contributed by atoms with Gasteiger partial charge in [-0.25, -0.2) is 0 Å². The summed E-state index contributed by atoms with van der Waals surface area (Å²) < 4.78 is 0. The Morgan fingerprint density at radius 3 is 2.60 bits per heavy atom. The first-order valence-corrected chi connectivity index (χ1v) is 4.48. The van der Waals surface area contributed by atoms with Crippen LogP contribution in [0, 0.1) is 0 Å². The monoisotopic (exact) mass is 211 g/mol. The standard InChI is InChI=1S/C8H13N5O2/c1-6(14)9-3-4-10-8(15)7-5-11-13(2)12-7/h5H,3-4H2,1-2H3,(H,9,14)(H,10,15). The van der Waals surface area contributed by atoms with Crippen LogP contribution < -0.4 is 10.6 Å². The van der Waals surface area contributed by atoms with Crippen molar-refractivity contribution >= 4 is 11.8 Å². The Bertz CT molecular complexity index is 360. The zero-order valence-corrected chi connectivity index (χ0v) is 8.65. The second-order valence-electron chi connectivity index (χ2n) is 2.96. The third-order valence-corrected chi connectivity index (χ3v) is 1.62. The van der Waals surface area contributed by atoms with Crippen LogP contribution in [0.3, 0.4) is 0 Å². The molecule has 82 valence electrons. The van der Waals surface area contributed by atoms with Crippen molar-refractivity contribution in [1.82, 2.24) is 25.6 Å². The van der Waals surface area contributed by atoms with Gasteiger partial charge in [-0.2, -0.15) is 9.90 Å². The van der Waals surface area contributed by atoms with Crippen molar-refractivity contribution in [2.75, 3.05) is 13.1 Å². The fourth-order valence-electron chi connectivity index (χ4n) is 0.955. The Balaban J connectivity index is 2.28. The van der Waals surface area contributed by atoms with E-state index in [1.54, 1.807) is 7.05 Å². The fraction of sp³-hybridized carbons (Fsp3) is 0.500.